The van der Waals surface area contributed by atoms with Crippen LogP contribution in [-0.4, -0.2) is 37.5 Å². The third-order valence-electron chi connectivity index (χ3n) is 5.12. The van der Waals surface area contributed by atoms with E-state index in [1.54, 1.807) is 36.4 Å². The molecule has 182 valence electrons. The van der Waals surface area contributed by atoms with Crippen LogP contribution in [-0.2, 0) is 14.4 Å². The van der Waals surface area contributed by atoms with Crippen molar-refractivity contribution in [2.45, 2.75) is 0 Å². The summed E-state index contributed by atoms with van der Waals surface area (Å²) in [6.45, 7) is -0.280. The lowest BCUT2D eigenvalue weighted by atomic mass is 10.1. The number of carbonyl (C=O) groups is 4. The van der Waals surface area contributed by atoms with Crippen LogP contribution in [0.3, 0.4) is 0 Å². The molecule has 1 saturated heterocycles. The highest BCUT2D eigenvalue weighted by atomic mass is 19.1. The van der Waals surface area contributed by atoms with Crippen LogP contribution in [0.4, 0.5) is 20.6 Å². The highest BCUT2D eigenvalue weighted by Crippen LogP contribution is 2.24. The molecule has 0 bridgehead atoms. The van der Waals surface area contributed by atoms with Crippen LogP contribution in [0.2, 0.25) is 0 Å². The summed E-state index contributed by atoms with van der Waals surface area (Å²) in [6.07, 6.45) is 1.35. The van der Waals surface area contributed by atoms with Crippen molar-refractivity contribution in [3.63, 3.8) is 0 Å². The summed E-state index contributed by atoms with van der Waals surface area (Å²) in [7, 11) is 1.49. The SMILES string of the molecule is COc1ccc(N2C(=O)NC(=O)C(=Cc3ccc(OCC(=O)Nc4ccc(F)cc4)cc3)C2=O)cc1. The quantitative estimate of drug-likeness (QED) is 0.388. The molecule has 10 heteroatoms. The summed E-state index contributed by atoms with van der Waals surface area (Å²) in [6, 6.07) is 17.0. The van der Waals surface area contributed by atoms with Gasteiger partial charge in [0.25, 0.3) is 17.7 Å². The van der Waals surface area contributed by atoms with Gasteiger partial charge in [0.05, 0.1) is 12.8 Å². The van der Waals surface area contributed by atoms with Gasteiger partial charge in [-0.25, -0.2) is 14.1 Å². The van der Waals surface area contributed by atoms with Gasteiger partial charge in [0.1, 0.15) is 22.9 Å². The lowest BCUT2D eigenvalue weighted by Gasteiger charge is -2.26. The number of urea groups is 1. The second-order valence-electron chi connectivity index (χ2n) is 7.57. The number of ether oxygens (including phenoxy) is 2. The number of rotatable bonds is 7. The van der Waals surface area contributed by atoms with Crippen molar-refractivity contribution in [2.75, 3.05) is 23.9 Å². The minimum atomic E-state index is -0.852. The van der Waals surface area contributed by atoms with Gasteiger partial charge in [-0.2, -0.15) is 0 Å². The number of carbonyl (C=O) groups excluding carboxylic acids is 4. The number of benzene rings is 3. The zero-order valence-corrected chi connectivity index (χ0v) is 19.0. The second kappa shape index (κ2) is 10.5. The molecule has 1 fully saturated rings. The Morgan fingerprint density at radius 3 is 2.22 bits per heavy atom. The lowest BCUT2D eigenvalue weighted by Crippen LogP contribution is -2.54. The van der Waals surface area contributed by atoms with Crippen LogP contribution in [0.1, 0.15) is 5.56 Å². The van der Waals surface area contributed by atoms with Gasteiger partial charge in [0, 0.05) is 5.69 Å². The molecule has 36 heavy (non-hydrogen) atoms. The molecule has 3 aromatic rings. The second-order valence-corrected chi connectivity index (χ2v) is 7.57. The molecule has 2 N–H and O–H groups in total. The Hall–Kier alpha value is -4.99. The monoisotopic (exact) mass is 489 g/mol. The minimum Gasteiger partial charge on any atom is -0.497 e. The van der Waals surface area contributed by atoms with E-state index in [9.17, 15) is 23.6 Å². The molecular weight excluding hydrogens is 469 g/mol. The number of nitrogens with one attached hydrogen (secondary N) is 2. The van der Waals surface area contributed by atoms with E-state index >= 15 is 0 Å². The number of nitrogens with zero attached hydrogens (tertiary/aromatic N) is 1. The van der Waals surface area contributed by atoms with Gasteiger partial charge >= 0.3 is 6.03 Å². The smallest absolute Gasteiger partial charge is 0.335 e. The van der Waals surface area contributed by atoms with E-state index in [2.05, 4.69) is 10.6 Å². The Morgan fingerprint density at radius 1 is 0.944 bits per heavy atom. The lowest BCUT2D eigenvalue weighted by molar-refractivity contribution is -0.122. The van der Waals surface area contributed by atoms with E-state index < -0.39 is 29.6 Å². The van der Waals surface area contributed by atoms with Crippen molar-refractivity contribution >= 4 is 41.2 Å². The number of halogens is 1. The predicted octanol–water partition coefficient (Wildman–Crippen LogP) is 3.52. The molecule has 1 heterocycles. The van der Waals surface area contributed by atoms with Crippen LogP contribution < -0.4 is 25.0 Å². The predicted molar refractivity (Wildman–Crippen MR) is 129 cm³/mol. The normalized spacial score (nSPS) is 14.4. The van der Waals surface area contributed by atoms with Crippen molar-refractivity contribution in [2.24, 2.45) is 0 Å². The number of imide groups is 2. The Morgan fingerprint density at radius 2 is 1.58 bits per heavy atom. The summed E-state index contributed by atoms with van der Waals surface area (Å²) in [4.78, 5) is 50.5. The van der Waals surface area contributed by atoms with E-state index in [0.717, 1.165) is 4.90 Å². The standard InChI is InChI=1S/C26H20FN3O6/c1-35-20-12-8-19(9-13-20)30-25(33)22(24(32)29-26(30)34)14-16-2-10-21(11-3-16)36-15-23(31)28-18-6-4-17(27)5-7-18/h2-14H,15H2,1H3,(H,28,31)(H,29,32,34). The van der Waals surface area contributed by atoms with Gasteiger partial charge in [-0.05, 0) is 72.3 Å². The Bertz CT molecular complexity index is 1340. The first-order chi connectivity index (χ1) is 17.3. The van der Waals surface area contributed by atoms with Gasteiger partial charge in [0.2, 0.25) is 0 Å². The molecule has 0 spiro atoms. The largest absolute Gasteiger partial charge is 0.497 e. The number of anilines is 2. The molecule has 0 saturated carbocycles. The highest BCUT2D eigenvalue weighted by Gasteiger charge is 2.36. The van der Waals surface area contributed by atoms with Crippen molar-refractivity contribution in [3.8, 4) is 11.5 Å². The fourth-order valence-corrected chi connectivity index (χ4v) is 3.33. The summed E-state index contributed by atoms with van der Waals surface area (Å²) < 4.78 is 23.5. The number of hydrogen-bond acceptors (Lipinski definition) is 6. The Kier molecular flexibility index (Phi) is 7.05. The maximum absolute atomic E-state index is 13.0. The number of amides is 5. The van der Waals surface area contributed by atoms with E-state index in [1.807, 2.05) is 0 Å². The average molecular weight is 489 g/mol. The molecular formula is C26H20FN3O6. The molecule has 3 aromatic carbocycles. The van der Waals surface area contributed by atoms with Crippen molar-refractivity contribution in [3.05, 3.63) is 89.8 Å². The average Bonchev–Trinajstić information content (AvgIpc) is 2.87. The van der Waals surface area contributed by atoms with Crippen molar-refractivity contribution in [1.29, 1.82) is 0 Å². The van der Waals surface area contributed by atoms with Crippen LogP contribution in [0.5, 0.6) is 11.5 Å². The molecule has 0 aromatic heterocycles. The molecule has 0 unspecified atom stereocenters. The first kappa shape index (κ1) is 24.1. The number of methoxy groups -OCH3 is 1. The third kappa shape index (κ3) is 5.55. The van der Waals surface area contributed by atoms with E-state index in [0.29, 0.717) is 22.7 Å². The summed E-state index contributed by atoms with van der Waals surface area (Å²) in [5.74, 6) is -1.50. The van der Waals surface area contributed by atoms with E-state index in [-0.39, 0.29) is 17.9 Å². The van der Waals surface area contributed by atoms with Gasteiger partial charge in [0.15, 0.2) is 6.61 Å². The minimum absolute atomic E-state index is 0.224. The van der Waals surface area contributed by atoms with Gasteiger partial charge in [-0.1, -0.05) is 12.1 Å². The van der Waals surface area contributed by atoms with E-state index in [1.165, 1.54) is 49.6 Å². The van der Waals surface area contributed by atoms with Crippen LogP contribution >= 0.6 is 0 Å². The third-order valence-corrected chi connectivity index (χ3v) is 5.12. The highest BCUT2D eigenvalue weighted by molar-refractivity contribution is 6.39. The summed E-state index contributed by atoms with van der Waals surface area (Å²) in [5.41, 5.74) is 0.988. The molecule has 9 nitrogen and oxygen atoms in total. The van der Waals surface area contributed by atoms with Gasteiger partial charge < -0.3 is 14.8 Å². The maximum Gasteiger partial charge on any atom is 0.335 e. The first-order valence-electron chi connectivity index (χ1n) is 10.7. The summed E-state index contributed by atoms with van der Waals surface area (Å²) >= 11 is 0. The van der Waals surface area contributed by atoms with Crippen molar-refractivity contribution in [1.82, 2.24) is 5.32 Å². The topological polar surface area (TPSA) is 114 Å². The molecule has 1 aliphatic rings. The molecule has 0 aliphatic carbocycles. The zero-order chi connectivity index (χ0) is 25.7. The number of hydrogen-bond donors (Lipinski definition) is 2. The molecule has 5 amide bonds. The molecule has 4 rings (SSSR count). The van der Waals surface area contributed by atoms with Crippen molar-refractivity contribution < 1.29 is 33.0 Å². The van der Waals surface area contributed by atoms with E-state index in [4.69, 9.17) is 9.47 Å². The summed E-state index contributed by atoms with van der Waals surface area (Å²) in [5, 5.41) is 4.74. The van der Waals surface area contributed by atoms with Gasteiger partial charge in [-0.15, -0.1) is 0 Å². The van der Waals surface area contributed by atoms with Crippen LogP contribution in [0.15, 0.2) is 78.4 Å². The Labute approximate surface area is 205 Å². The molecule has 1 aliphatic heterocycles. The van der Waals surface area contributed by atoms with Crippen LogP contribution in [0, 0.1) is 5.82 Å². The van der Waals surface area contributed by atoms with Gasteiger partial charge in [-0.3, -0.25) is 19.7 Å². The molecule has 0 atom stereocenters. The van der Waals surface area contributed by atoms with Crippen LogP contribution in [0.25, 0.3) is 6.08 Å². The fraction of sp³-hybridized carbons (Fsp3) is 0.0769. The number of barbiturate groups is 1. The maximum atomic E-state index is 13.0. The zero-order valence-electron chi connectivity index (χ0n) is 19.0. The first-order valence-corrected chi connectivity index (χ1v) is 10.7. The Balaban J connectivity index is 1.42. The molecule has 0 radical (unpaired) electrons. The fourth-order valence-electron chi connectivity index (χ4n) is 3.33.